The summed E-state index contributed by atoms with van der Waals surface area (Å²) in [5, 5.41) is 3.37. The van der Waals surface area contributed by atoms with Gasteiger partial charge in [0.05, 0.1) is 7.11 Å². The Kier molecular flexibility index (Phi) is 8.90. The van der Waals surface area contributed by atoms with Gasteiger partial charge in [-0.1, -0.05) is 30.3 Å². The van der Waals surface area contributed by atoms with Crippen molar-refractivity contribution in [1.82, 2.24) is 5.32 Å². The third-order valence-corrected chi connectivity index (χ3v) is 4.37. The summed E-state index contributed by atoms with van der Waals surface area (Å²) < 4.78 is 37.1. The number of halogens is 3. The molecule has 0 aliphatic rings. The van der Waals surface area contributed by atoms with Crippen molar-refractivity contribution in [2.75, 3.05) is 13.7 Å². The monoisotopic (exact) mass is 419 g/mol. The lowest BCUT2D eigenvalue weighted by Gasteiger charge is -2.13. The average molecular weight is 420 g/mol. The van der Waals surface area contributed by atoms with Crippen LogP contribution in [-0.4, -0.2) is 13.7 Å². The van der Waals surface area contributed by atoms with Crippen LogP contribution in [0.25, 0.3) is 0 Å². The molecule has 0 saturated carbocycles. The third-order valence-electron chi connectivity index (χ3n) is 4.37. The van der Waals surface area contributed by atoms with Crippen molar-refractivity contribution in [3.05, 3.63) is 95.1 Å². The summed E-state index contributed by atoms with van der Waals surface area (Å²) >= 11 is 0. The number of methoxy groups -OCH3 is 1. The van der Waals surface area contributed by atoms with E-state index in [-0.39, 0.29) is 24.0 Å². The molecule has 0 aliphatic heterocycles. The smallest absolute Gasteiger partial charge is 0.161 e. The summed E-state index contributed by atoms with van der Waals surface area (Å²) in [6, 6.07) is 18.6. The maximum Gasteiger partial charge on any atom is 0.161 e. The molecule has 6 heteroatoms. The number of rotatable bonds is 9. The highest BCUT2D eigenvalue weighted by molar-refractivity contribution is 5.85. The highest BCUT2D eigenvalue weighted by Gasteiger charge is 2.07. The molecule has 0 unspecified atom stereocenters. The fraction of sp³-hybridized carbons (Fsp3) is 0.217. The van der Waals surface area contributed by atoms with Crippen LogP contribution in [0.2, 0.25) is 0 Å². The largest absolute Gasteiger partial charge is 0.493 e. The minimum Gasteiger partial charge on any atom is -0.493 e. The molecule has 154 valence electrons. The molecule has 0 bridgehead atoms. The van der Waals surface area contributed by atoms with E-state index in [2.05, 4.69) is 5.32 Å². The standard InChI is InChI=1S/C23H23F2NO2.ClH/c1-27-23-14-19(15-26-13-12-17-2-7-20(24)8-3-17)6-11-22(23)28-16-18-4-9-21(25)10-5-18;/h2-11,14,26H,12-13,15-16H2,1H3;1H. The molecular formula is C23H24ClF2NO2. The maximum absolute atomic E-state index is 13.0. The average Bonchev–Trinajstić information content (AvgIpc) is 2.72. The lowest BCUT2D eigenvalue weighted by atomic mass is 10.1. The molecular weight excluding hydrogens is 396 g/mol. The highest BCUT2D eigenvalue weighted by atomic mass is 35.5. The number of hydrogen-bond acceptors (Lipinski definition) is 3. The van der Waals surface area contributed by atoms with Crippen molar-refractivity contribution in [2.24, 2.45) is 0 Å². The van der Waals surface area contributed by atoms with E-state index in [1.807, 2.05) is 18.2 Å². The molecule has 0 heterocycles. The van der Waals surface area contributed by atoms with Crippen molar-refractivity contribution in [3.63, 3.8) is 0 Å². The lowest BCUT2D eigenvalue weighted by molar-refractivity contribution is 0.284. The third kappa shape index (κ3) is 7.04. The number of ether oxygens (including phenoxy) is 2. The Morgan fingerprint density at radius 1 is 0.759 bits per heavy atom. The van der Waals surface area contributed by atoms with E-state index in [1.165, 1.54) is 24.3 Å². The molecule has 0 aliphatic carbocycles. The Labute approximate surface area is 176 Å². The van der Waals surface area contributed by atoms with E-state index >= 15 is 0 Å². The molecule has 0 radical (unpaired) electrons. The molecule has 0 spiro atoms. The first-order valence-corrected chi connectivity index (χ1v) is 9.13. The number of hydrogen-bond donors (Lipinski definition) is 1. The summed E-state index contributed by atoms with van der Waals surface area (Å²) in [6.45, 7) is 1.82. The zero-order valence-corrected chi connectivity index (χ0v) is 17.0. The van der Waals surface area contributed by atoms with Gasteiger partial charge in [0.1, 0.15) is 18.2 Å². The van der Waals surface area contributed by atoms with E-state index in [4.69, 9.17) is 9.47 Å². The molecule has 3 aromatic carbocycles. The summed E-state index contributed by atoms with van der Waals surface area (Å²) in [7, 11) is 1.60. The second-order valence-electron chi connectivity index (χ2n) is 6.45. The second kappa shape index (κ2) is 11.4. The van der Waals surface area contributed by atoms with Crippen molar-refractivity contribution in [3.8, 4) is 11.5 Å². The van der Waals surface area contributed by atoms with Gasteiger partial charge in [-0.15, -0.1) is 12.4 Å². The van der Waals surface area contributed by atoms with Crippen molar-refractivity contribution in [1.29, 1.82) is 0 Å². The van der Waals surface area contributed by atoms with Crippen LogP contribution in [0.15, 0.2) is 66.7 Å². The Morgan fingerprint density at radius 2 is 1.34 bits per heavy atom. The quantitative estimate of drug-likeness (QED) is 0.477. The SMILES string of the molecule is COc1cc(CNCCc2ccc(F)cc2)ccc1OCc1ccc(F)cc1.Cl. The Morgan fingerprint density at radius 3 is 1.97 bits per heavy atom. The van der Waals surface area contributed by atoms with Crippen LogP contribution in [-0.2, 0) is 19.6 Å². The van der Waals surface area contributed by atoms with Crippen molar-refractivity contribution >= 4 is 12.4 Å². The van der Waals surface area contributed by atoms with Crippen LogP contribution in [0.5, 0.6) is 11.5 Å². The summed E-state index contributed by atoms with van der Waals surface area (Å²) in [5.74, 6) is 0.810. The minimum absolute atomic E-state index is 0. The molecule has 0 atom stereocenters. The molecule has 29 heavy (non-hydrogen) atoms. The van der Waals surface area contributed by atoms with E-state index in [0.29, 0.717) is 24.7 Å². The molecule has 1 N–H and O–H groups in total. The minimum atomic E-state index is -0.266. The molecule has 0 saturated heterocycles. The lowest BCUT2D eigenvalue weighted by Crippen LogP contribution is -2.16. The van der Waals surface area contributed by atoms with E-state index in [9.17, 15) is 8.78 Å². The van der Waals surface area contributed by atoms with E-state index in [1.54, 1.807) is 31.4 Å². The molecule has 3 aromatic rings. The van der Waals surface area contributed by atoms with Gasteiger partial charge in [0.2, 0.25) is 0 Å². The van der Waals surface area contributed by atoms with Gasteiger partial charge in [-0.3, -0.25) is 0 Å². The van der Waals surface area contributed by atoms with E-state index in [0.717, 1.165) is 29.7 Å². The van der Waals surface area contributed by atoms with Gasteiger partial charge >= 0.3 is 0 Å². The van der Waals surface area contributed by atoms with Crippen LogP contribution in [0.1, 0.15) is 16.7 Å². The Bertz CT molecular complexity index is 886. The number of nitrogens with one attached hydrogen (secondary N) is 1. The molecule has 3 nitrogen and oxygen atoms in total. The zero-order valence-electron chi connectivity index (χ0n) is 16.2. The summed E-state index contributed by atoms with van der Waals surface area (Å²) in [4.78, 5) is 0. The van der Waals surface area contributed by atoms with Crippen molar-refractivity contribution < 1.29 is 18.3 Å². The van der Waals surface area contributed by atoms with Crippen LogP contribution < -0.4 is 14.8 Å². The number of benzene rings is 3. The Hall–Kier alpha value is -2.63. The van der Waals surface area contributed by atoms with Crippen LogP contribution in [0.3, 0.4) is 0 Å². The van der Waals surface area contributed by atoms with Crippen LogP contribution in [0, 0.1) is 11.6 Å². The predicted octanol–water partition coefficient (Wildman–Crippen LogP) is 5.31. The summed E-state index contributed by atoms with van der Waals surface area (Å²) in [6.07, 6.45) is 0.830. The zero-order chi connectivity index (χ0) is 19.8. The summed E-state index contributed by atoms with van der Waals surface area (Å²) in [5.41, 5.74) is 3.05. The topological polar surface area (TPSA) is 30.5 Å². The van der Waals surface area contributed by atoms with Gasteiger partial charge in [-0.2, -0.15) is 0 Å². The van der Waals surface area contributed by atoms with Crippen LogP contribution >= 0.6 is 12.4 Å². The molecule has 0 fully saturated rings. The normalized spacial score (nSPS) is 10.3. The van der Waals surface area contributed by atoms with Gasteiger partial charge in [0.15, 0.2) is 11.5 Å². The van der Waals surface area contributed by atoms with Gasteiger partial charge in [-0.05, 0) is 66.1 Å². The van der Waals surface area contributed by atoms with E-state index < -0.39 is 0 Å². The van der Waals surface area contributed by atoms with Gasteiger partial charge in [0, 0.05) is 6.54 Å². The molecule has 0 amide bonds. The second-order valence-corrected chi connectivity index (χ2v) is 6.45. The predicted molar refractivity (Wildman–Crippen MR) is 113 cm³/mol. The first kappa shape index (κ1) is 22.7. The van der Waals surface area contributed by atoms with Gasteiger partial charge in [-0.25, -0.2) is 8.78 Å². The fourth-order valence-corrected chi connectivity index (χ4v) is 2.80. The highest BCUT2D eigenvalue weighted by Crippen LogP contribution is 2.28. The fourth-order valence-electron chi connectivity index (χ4n) is 2.80. The molecule has 3 rings (SSSR count). The van der Waals surface area contributed by atoms with Crippen LogP contribution in [0.4, 0.5) is 8.78 Å². The molecule has 0 aromatic heterocycles. The van der Waals surface area contributed by atoms with Gasteiger partial charge < -0.3 is 14.8 Å². The first-order valence-electron chi connectivity index (χ1n) is 9.13. The van der Waals surface area contributed by atoms with Crippen molar-refractivity contribution in [2.45, 2.75) is 19.6 Å². The van der Waals surface area contributed by atoms with Gasteiger partial charge in [0.25, 0.3) is 0 Å². The first-order chi connectivity index (χ1) is 13.6. The maximum atomic E-state index is 13.0. The Balaban J connectivity index is 0.00000300.